The number of nitrogens with one attached hydrogen (secondary N) is 1. The van der Waals surface area contributed by atoms with Crippen molar-refractivity contribution in [1.82, 2.24) is 5.32 Å². The molecule has 0 saturated carbocycles. The van der Waals surface area contributed by atoms with E-state index in [0.29, 0.717) is 24.6 Å². The van der Waals surface area contributed by atoms with Gasteiger partial charge in [0.05, 0.1) is 13.0 Å². The van der Waals surface area contributed by atoms with Gasteiger partial charge in [-0.2, -0.15) is 0 Å². The molecule has 104 valence electrons. The lowest BCUT2D eigenvalue weighted by Gasteiger charge is -2.17. The van der Waals surface area contributed by atoms with Crippen molar-refractivity contribution in [2.24, 2.45) is 0 Å². The first-order chi connectivity index (χ1) is 8.94. The van der Waals surface area contributed by atoms with Gasteiger partial charge in [0.1, 0.15) is 6.10 Å². The second-order valence-electron chi connectivity index (χ2n) is 5.06. The van der Waals surface area contributed by atoms with E-state index in [-0.39, 0.29) is 12.0 Å². The summed E-state index contributed by atoms with van der Waals surface area (Å²) in [6, 6.07) is 7.25. The van der Waals surface area contributed by atoms with E-state index in [0.717, 1.165) is 5.56 Å². The molecule has 1 atom stereocenters. The van der Waals surface area contributed by atoms with Crippen molar-refractivity contribution in [3.05, 3.63) is 34.9 Å². The number of hydrogen-bond acceptors (Lipinski definition) is 3. The Kier molecular flexibility index (Phi) is 4.45. The SMILES string of the molecule is CC1(C)OCC(CNC(=O)Cc2ccc(Cl)cc2)O1. The Hall–Kier alpha value is -1.10. The van der Waals surface area contributed by atoms with Gasteiger partial charge >= 0.3 is 0 Å². The van der Waals surface area contributed by atoms with E-state index >= 15 is 0 Å². The lowest BCUT2D eigenvalue weighted by atomic mass is 10.1. The third-order valence-electron chi connectivity index (χ3n) is 2.87. The normalized spacial score (nSPS) is 21.3. The maximum Gasteiger partial charge on any atom is 0.224 e. The standard InChI is InChI=1S/C14H18ClNO3/c1-14(2)18-9-12(19-14)8-16-13(17)7-10-3-5-11(15)6-4-10/h3-6,12H,7-9H2,1-2H3,(H,16,17). The fourth-order valence-electron chi connectivity index (χ4n) is 1.94. The molecule has 1 aromatic rings. The molecule has 5 heteroatoms. The van der Waals surface area contributed by atoms with Crippen LogP contribution in [0.2, 0.25) is 5.02 Å². The highest BCUT2D eigenvalue weighted by molar-refractivity contribution is 6.30. The lowest BCUT2D eigenvalue weighted by Crippen LogP contribution is -2.35. The van der Waals surface area contributed by atoms with E-state index in [9.17, 15) is 4.79 Å². The van der Waals surface area contributed by atoms with Crippen LogP contribution >= 0.6 is 11.6 Å². The Morgan fingerprint density at radius 3 is 2.68 bits per heavy atom. The van der Waals surface area contributed by atoms with Gasteiger partial charge in [-0.3, -0.25) is 4.79 Å². The van der Waals surface area contributed by atoms with E-state index in [4.69, 9.17) is 21.1 Å². The Labute approximate surface area is 118 Å². The monoisotopic (exact) mass is 283 g/mol. The zero-order valence-electron chi connectivity index (χ0n) is 11.1. The van der Waals surface area contributed by atoms with Gasteiger partial charge in [-0.25, -0.2) is 0 Å². The molecule has 19 heavy (non-hydrogen) atoms. The van der Waals surface area contributed by atoms with Crippen LogP contribution in [0.1, 0.15) is 19.4 Å². The molecule has 1 saturated heterocycles. The third kappa shape index (κ3) is 4.49. The molecule has 1 fully saturated rings. The van der Waals surface area contributed by atoms with E-state index in [1.54, 1.807) is 12.1 Å². The minimum Gasteiger partial charge on any atom is -0.353 e. The first-order valence-corrected chi connectivity index (χ1v) is 6.65. The first kappa shape index (κ1) is 14.3. The predicted molar refractivity (Wildman–Crippen MR) is 73.1 cm³/mol. The number of amides is 1. The molecule has 0 bridgehead atoms. The van der Waals surface area contributed by atoms with Crippen molar-refractivity contribution in [2.45, 2.75) is 32.2 Å². The molecule has 4 nitrogen and oxygen atoms in total. The highest BCUT2D eigenvalue weighted by Crippen LogP contribution is 2.21. The molecular weight excluding hydrogens is 266 g/mol. The van der Waals surface area contributed by atoms with Crippen LogP contribution in [0.5, 0.6) is 0 Å². The molecule has 1 N–H and O–H groups in total. The summed E-state index contributed by atoms with van der Waals surface area (Å²) in [4.78, 5) is 11.8. The van der Waals surface area contributed by atoms with Gasteiger partial charge in [0, 0.05) is 11.6 Å². The number of hydrogen-bond donors (Lipinski definition) is 1. The van der Waals surface area contributed by atoms with Gasteiger partial charge < -0.3 is 14.8 Å². The number of carbonyl (C=O) groups excluding carboxylic acids is 1. The number of halogens is 1. The quantitative estimate of drug-likeness (QED) is 0.921. The van der Waals surface area contributed by atoms with Crippen molar-refractivity contribution in [1.29, 1.82) is 0 Å². The van der Waals surface area contributed by atoms with Crippen LogP contribution < -0.4 is 5.32 Å². The zero-order valence-corrected chi connectivity index (χ0v) is 11.9. The number of benzene rings is 1. The number of ether oxygens (including phenoxy) is 2. The van der Waals surface area contributed by atoms with E-state index in [1.165, 1.54) is 0 Å². The summed E-state index contributed by atoms with van der Waals surface area (Å²) in [6.45, 7) is 4.70. The summed E-state index contributed by atoms with van der Waals surface area (Å²) in [5, 5.41) is 3.52. The topological polar surface area (TPSA) is 47.6 Å². The number of carbonyl (C=O) groups is 1. The smallest absolute Gasteiger partial charge is 0.224 e. The van der Waals surface area contributed by atoms with Crippen LogP contribution in [0.25, 0.3) is 0 Å². The molecule has 0 radical (unpaired) electrons. The van der Waals surface area contributed by atoms with Crippen LogP contribution in [-0.4, -0.2) is 30.9 Å². The van der Waals surface area contributed by atoms with Crippen molar-refractivity contribution in [2.75, 3.05) is 13.2 Å². The van der Waals surface area contributed by atoms with Crippen molar-refractivity contribution >= 4 is 17.5 Å². The predicted octanol–water partition coefficient (Wildman–Crippen LogP) is 2.15. The van der Waals surface area contributed by atoms with Crippen LogP contribution in [0.15, 0.2) is 24.3 Å². The summed E-state index contributed by atoms with van der Waals surface area (Å²) in [6.07, 6.45) is 0.262. The first-order valence-electron chi connectivity index (χ1n) is 6.27. The molecule has 2 rings (SSSR count). The number of rotatable bonds is 4. The van der Waals surface area contributed by atoms with Crippen molar-refractivity contribution < 1.29 is 14.3 Å². The Morgan fingerprint density at radius 1 is 1.42 bits per heavy atom. The molecule has 0 spiro atoms. The summed E-state index contributed by atoms with van der Waals surface area (Å²) in [5.41, 5.74) is 0.936. The van der Waals surface area contributed by atoms with Crippen molar-refractivity contribution in [3.63, 3.8) is 0 Å². The van der Waals surface area contributed by atoms with E-state index in [2.05, 4.69) is 5.32 Å². The highest BCUT2D eigenvalue weighted by atomic mass is 35.5. The molecule has 1 unspecified atom stereocenters. The second-order valence-corrected chi connectivity index (χ2v) is 5.49. The molecule has 1 aliphatic rings. The summed E-state index contributed by atoms with van der Waals surface area (Å²) >= 11 is 5.79. The largest absolute Gasteiger partial charge is 0.353 e. The average molecular weight is 284 g/mol. The van der Waals surface area contributed by atoms with Gasteiger partial charge in [0.25, 0.3) is 0 Å². The minimum absolute atomic E-state index is 0.0318. The van der Waals surface area contributed by atoms with Gasteiger partial charge in [-0.05, 0) is 31.5 Å². The Balaban J connectivity index is 1.75. The molecule has 1 heterocycles. The van der Waals surface area contributed by atoms with Gasteiger partial charge in [0.15, 0.2) is 5.79 Å². The Bertz CT molecular complexity index is 445. The Morgan fingerprint density at radius 2 is 2.11 bits per heavy atom. The van der Waals surface area contributed by atoms with Gasteiger partial charge in [-0.15, -0.1) is 0 Å². The molecule has 1 aromatic carbocycles. The van der Waals surface area contributed by atoms with E-state index < -0.39 is 5.79 Å². The van der Waals surface area contributed by atoms with Crippen LogP contribution in [0.4, 0.5) is 0 Å². The highest BCUT2D eigenvalue weighted by Gasteiger charge is 2.32. The maximum atomic E-state index is 11.8. The molecule has 0 aromatic heterocycles. The van der Waals surface area contributed by atoms with E-state index in [1.807, 2.05) is 26.0 Å². The summed E-state index contributed by atoms with van der Waals surface area (Å²) < 4.78 is 11.0. The van der Waals surface area contributed by atoms with Gasteiger partial charge in [0.2, 0.25) is 5.91 Å². The minimum atomic E-state index is -0.550. The fraction of sp³-hybridized carbons (Fsp3) is 0.500. The zero-order chi connectivity index (χ0) is 13.9. The third-order valence-corrected chi connectivity index (χ3v) is 3.12. The molecular formula is C14H18ClNO3. The molecule has 1 amide bonds. The maximum absolute atomic E-state index is 11.8. The summed E-state index contributed by atoms with van der Waals surface area (Å²) in [7, 11) is 0. The molecule has 0 aliphatic carbocycles. The lowest BCUT2D eigenvalue weighted by molar-refractivity contribution is -0.139. The van der Waals surface area contributed by atoms with Crippen molar-refractivity contribution in [3.8, 4) is 0 Å². The molecule has 1 aliphatic heterocycles. The van der Waals surface area contributed by atoms with Gasteiger partial charge in [-0.1, -0.05) is 23.7 Å². The second kappa shape index (κ2) is 5.90. The fourth-order valence-corrected chi connectivity index (χ4v) is 2.07. The van der Waals surface area contributed by atoms with Crippen LogP contribution in [0.3, 0.4) is 0 Å². The summed E-state index contributed by atoms with van der Waals surface area (Å²) in [5.74, 6) is -0.582. The van der Waals surface area contributed by atoms with Crippen LogP contribution in [-0.2, 0) is 20.7 Å². The van der Waals surface area contributed by atoms with Crippen LogP contribution in [0, 0.1) is 0 Å². The average Bonchev–Trinajstić information content (AvgIpc) is 2.69.